The van der Waals surface area contributed by atoms with Crippen LogP contribution in [-0.4, -0.2) is 31.1 Å². The summed E-state index contributed by atoms with van der Waals surface area (Å²) in [5.74, 6) is -0.395. The molecule has 3 rings (SSSR count). The summed E-state index contributed by atoms with van der Waals surface area (Å²) in [4.78, 5) is 2.41. The second kappa shape index (κ2) is 8.26. The predicted molar refractivity (Wildman–Crippen MR) is 100 cm³/mol. The molecule has 1 atom stereocenters. The molecule has 1 fully saturated rings. The fourth-order valence-corrected chi connectivity index (χ4v) is 3.50. The van der Waals surface area contributed by atoms with Crippen molar-refractivity contribution >= 4 is 12.4 Å². The highest BCUT2D eigenvalue weighted by atomic mass is 35.5. The minimum atomic E-state index is -0.242. The van der Waals surface area contributed by atoms with E-state index in [4.69, 9.17) is 5.73 Å². The van der Waals surface area contributed by atoms with E-state index in [1.165, 1.54) is 24.3 Å². The van der Waals surface area contributed by atoms with Crippen molar-refractivity contribution in [2.45, 2.75) is 19.3 Å². The van der Waals surface area contributed by atoms with Crippen molar-refractivity contribution in [2.24, 2.45) is 11.1 Å². The number of halogens is 3. The molecular weight excluding hydrogens is 342 g/mol. The Bertz CT molecular complexity index is 630. The van der Waals surface area contributed by atoms with E-state index in [2.05, 4.69) is 11.8 Å². The zero-order chi connectivity index (χ0) is 17.2. The smallest absolute Gasteiger partial charge is 0.123 e. The van der Waals surface area contributed by atoms with Crippen molar-refractivity contribution in [3.8, 4) is 0 Å². The monoisotopic (exact) mass is 366 g/mol. The van der Waals surface area contributed by atoms with Crippen molar-refractivity contribution in [3.05, 3.63) is 71.3 Å². The van der Waals surface area contributed by atoms with Crippen LogP contribution in [0.1, 0.15) is 30.4 Å². The Balaban J connectivity index is 0.00000225. The lowest BCUT2D eigenvalue weighted by atomic mass is 9.89. The summed E-state index contributed by atoms with van der Waals surface area (Å²) in [5, 5.41) is 0. The molecule has 1 saturated heterocycles. The summed E-state index contributed by atoms with van der Waals surface area (Å²) in [6.45, 7) is 5.70. The Hall–Kier alpha value is -1.49. The molecule has 0 radical (unpaired) electrons. The van der Waals surface area contributed by atoms with Crippen LogP contribution < -0.4 is 5.73 Å². The molecule has 136 valence electrons. The van der Waals surface area contributed by atoms with Crippen LogP contribution >= 0.6 is 12.4 Å². The molecule has 5 heteroatoms. The number of likely N-dealkylation sites (tertiary alicyclic amines) is 1. The molecule has 2 nitrogen and oxygen atoms in total. The van der Waals surface area contributed by atoms with Gasteiger partial charge in [-0.2, -0.15) is 0 Å². The number of nitrogens with two attached hydrogens (primary N) is 1. The lowest BCUT2D eigenvalue weighted by Crippen LogP contribution is -2.33. The van der Waals surface area contributed by atoms with Crippen molar-refractivity contribution in [2.75, 3.05) is 26.2 Å². The number of benzene rings is 2. The Morgan fingerprint density at radius 1 is 1.00 bits per heavy atom. The molecule has 2 N–H and O–H groups in total. The molecule has 1 unspecified atom stereocenters. The van der Waals surface area contributed by atoms with E-state index in [0.29, 0.717) is 6.54 Å². The van der Waals surface area contributed by atoms with Gasteiger partial charge in [0, 0.05) is 19.0 Å². The van der Waals surface area contributed by atoms with E-state index < -0.39 is 0 Å². The molecule has 0 amide bonds. The van der Waals surface area contributed by atoms with Gasteiger partial charge < -0.3 is 10.6 Å². The Kier molecular flexibility index (Phi) is 6.55. The molecule has 0 spiro atoms. The molecule has 2 aromatic rings. The van der Waals surface area contributed by atoms with Gasteiger partial charge in [-0.15, -0.1) is 12.4 Å². The summed E-state index contributed by atoms with van der Waals surface area (Å²) in [5.41, 5.74) is 8.16. The van der Waals surface area contributed by atoms with Gasteiger partial charge in [0.05, 0.1) is 0 Å². The van der Waals surface area contributed by atoms with Crippen LogP contribution in [0.3, 0.4) is 0 Å². The second-order valence-corrected chi connectivity index (χ2v) is 7.16. The zero-order valence-corrected chi connectivity index (χ0v) is 15.2. The van der Waals surface area contributed by atoms with Gasteiger partial charge >= 0.3 is 0 Å². The quantitative estimate of drug-likeness (QED) is 0.859. The molecule has 1 aliphatic heterocycles. The van der Waals surface area contributed by atoms with Crippen LogP contribution in [0.4, 0.5) is 8.78 Å². The highest BCUT2D eigenvalue weighted by Gasteiger charge is 2.33. The average molecular weight is 367 g/mol. The van der Waals surface area contributed by atoms with E-state index in [0.717, 1.165) is 37.2 Å². The summed E-state index contributed by atoms with van der Waals surface area (Å²) in [6.07, 6.45) is 1.09. The molecule has 0 bridgehead atoms. The molecule has 1 aliphatic rings. The fourth-order valence-electron chi connectivity index (χ4n) is 3.50. The minimum absolute atomic E-state index is 0. The van der Waals surface area contributed by atoms with Gasteiger partial charge in [-0.05, 0) is 60.3 Å². The van der Waals surface area contributed by atoms with Crippen molar-refractivity contribution in [3.63, 3.8) is 0 Å². The molecule has 1 heterocycles. The maximum Gasteiger partial charge on any atom is 0.123 e. The molecular formula is C20H25ClF2N2. The first-order chi connectivity index (χ1) is 11.5. The normalized spacial score (nSPS) is 20.7. The zero-order valence-electron chi connectivity index (χ0n) is 14.4. The topological polar surface area (TPSA) is 29.3 Å². The van der Waals surface area contributed by atoms with E-state index in [1.807, 2.05) is 24.3 Å². The summed E-state index contributed by atoms with van der Waals surface area (Å²) in [7, 11) is 0. The van der Waals surface area contributed by atoms with Crippen LogP contribution in [0.5, 0.6) is 0 Å². The number of nitrogens with zero attached hydrogens (tertiary/aromatic N) is 1. The van der Waals surface area contributed by atoms with E-state index in [9.17, 15) is 8.78 Å². The maximum absolute atomic E-state index is 13.3. The highest BCUT2D eigenvalue weighted by molar-refractivity contribution is 5.85. The summed E-state index contributed by atoms with van der Waals surface area (Å²) >= 11 is 0. The Morgan fingerprint density at radius 3 is 1.88 bits per heavy atom. The number of rotatable bonds is 5. The Morgan fingerprint density at radius 2 is 1.48 bits per heavy atom. The number of hydrogen-bond donors (Lipinski definition) is 1. The fraction of sp³-hybridized carbons (Fsp3) is 0.400. The van der Waals surface area contributed by atoms with Crippen molar-refractivity contribution in [1.29, 1.82) is 0 Å². The third-order valence-corrected chi connectivity index (χ3v) is 5.12. The van der Waals surface area contributed by atoms with Gasteiger partial charge in [-0.25, -0.2) is 8.78 Å². The van der Waals surface area contributed by atoms with Gasteiger partial charge in [0.25, 0.3) is 0 Å². The number of hydrogen-bond acceptors (Lipinski definition) is 2. The first kappa shape index (κ1) is 19.8. The van der Waals surface area contributed by atoms with Gasteiger partial charge in [-0.1, -0.05) is 31.2 Å². The average Bonchev–Trinajstić information content (AvgIpc) is 2.96. The van der Waals surface area contributed by atoms with Gasteiger partial charge in [0.15, 0.2) is 0 Å². The second-order valence-electron chi connectivity index (χ2n) is 7.16. The van der Waals surface area contributed by atoms with Crippen LogP contribution in [0.15, 0.2) is 48.5 Å². The third kappa shape index (κ3) is 4.78. The van der Waals surface area contributed by atoms with Crippen LogP contribution in [0.25, 0.3) is 0 Å². The lowest BCUT2D eigenvalue weighted by Gasteiger charge is -2.27. The van der Waals surface area contributed by atoms with E-state index >= 15 is 0 Å². The molecule has 25 heavy (non-hydrogen) atoms. The predicted octanol–water partition coefficient (Wildman–Crippen LogP) is 4.19. The SMILES string of the molecule is CC1(CN)CCN(CC(c2ccc(F)cc2)c2ccc(F)cc2)C1.Cl. The third-order valence-electron chi connectivity index (χ3n) is 5.12. The standard InChI is InChI=1S/C20H24F2N2.ClH/c1-20(13-23)10-11-24(14-20)12-19(15-2-6-17(21)7-3-15)16-4-8-18(22)9-5-16;/h2-9,19H,10-14,23H2,1H3;1H. The van der Waals surface area contributed by atoms with E-state index in [1.54, 1.807) is 0 Å². The largest absolute Gasteiger partial charge is 0.330 e. The maximum atomic E-state index is 13.3. The van der Waals surface area contributed by atoms with Crippen LogP contribution in [0.2, 0.25) is 0 Å². The van der Waals surface area contributed by atoms with Gasteiger partial charge in [0.1, 0.15) is 11.6 Å². The molecule has 2 aromatic carbocycles. The van der Waals surface area contributed by atoms with Crippen LogP contribution in [-0.2, 0) is 0 Å². The van der Waals surface area contributed by atoms with Crippen molar-refractivity contribution < 1.29 is 8.78 Å². The van der Waals surface area contributed by atoms with E-state index in [-0.39, 0.29) is 35.4 Å². The molecule has 0 saturated carbocycles. The molecule has 0 aliphatic carbocycles. The van der Waals surface area contributed by atoms with Crippen molar-refractivity contribution in [1.82, 2.24) is 4.90 Å². The highest BCUT2D eigenvalue weighted by Crippen LogP contribution is 2.32. The molecule has 0 aromatic heterocycles. The lowest BCUT2D eigenvalue weighted by molar-refractivity contribution is 0.274. The van der Waals surface area contributed by atoms with Gasteiger partial charge in [0.2, 0.25) is 0 Å². The summed E-state index contributed by atoms with van der Waals surface area (Å²) in [6, 6.07) is 13.2. The minimum Gasteiger partial charge on any atom is -0.330 e. The van der Waals surface area contributed by atoms with Gasteiger partial charge in [-0.3, -0.25) is 0 Å². The first-order valence-electron chi connectivity index (χ1n) is 8.42. The summed E-state index contributed by atoms with van der Waals surface area (Å²) < 4.78 is 26.6. The van der Waals surface area contributed by atoms with Crippen LogP contribution in [0, 0.1) is 17.0 Å². The first-order valence-corrected chi connectivity index (χ1v) is 8.42. The Labute approximate surface area is 154 Å².